The van der Waals surface area contributed by atoms with Crippen molar-refractivity contribution in [2.75, 3.05) is 5.32 Å². The predicted molar refractivity (Wildman–Crippen MR) is 110 cm³/mol. The highest BCUT2D eigenvalue weighted by Gasteiger charge is 2.28. The molecule has 0 saturated carbocycles. The second-order valence-electron chi connectivity index (χ2n) is 6.78. The number of nitrogens with zero attached hydrogens (tertiary/aromatic N) is 4. The molecule has 8 heteroatoms. The van der Waals surface area contributed by atoms with Gasteiger partial charge in [0.25, 0.3) is 17.5 Å². The Hall–Kier alpha value is -4.07. The van der Waals surface area contributed by atoms with E-state index in [9.17, 15) is 9.59 Å². The Kier molecular flexibility index (Phi) is 5.21. The summed E-state index contributed by atoms with van der Waals surface area (Å²) >= 11 is 0. The standard InChI is InChI=1S/C22H19N5O3/c1-14-8-10-17(11-9-14)24-20(28)18(16-6-4-3-5-7-16)30-21(29)19-25-22-23-13-12-15(2)27(22)26-19/h3-13,18H,1-2H3,(H,24,28). The average molecular weight is 401 g/mol. The topological polar surface area (TPSA) is 98.5 Å². The number of anilines is 1. The largest absolute Gasteiger partial charge is 0.441 e. The van der Waals surface area contributed by atoms with Crippen molar-refractivity contribution in [2.45, 2.75) is 20.0 Å². The number of rotatable bonds is 5. The van der Waals surface area contributed by atoms with Crippen LogP contribution in [0.4, 0.5) is 5.69 Å². The van der Waals surface area contributed by atoms with E-state index in [0.29, 0.717) is 11.3 Å². The van der Waals surface area contributed by atoms with Crippen LogP contribution in [-0.2, 0) is 9.53 Å². The molecule has 4 rings (SSSR count). The number of esters is 1. The Morgan fingerprint density at radius 2 is 1.73 bits per heavy atom. The minimum absolute atomic E-state index is 0.166. The number of aromatic nitrogens is 4. The molecule has 0 bridgehead atoms. The third-order valence-corrected chi connectivity index (χ3v) is 4.50. The number of ether oxygens (including phenoxy) is 1. The van der Waals surface area contributed by atoms with Gasteiger partial charge in [0.05, 0.1) is 0 Å². The Morgan fingerprint density at radius 3 is 2.43 bits per heavy atom. The Bertz CT molecular complexity index is 1200. The summed E-state index contributed by atoms with van der Waals surface area (Å²) in [6, 6.07) is 17.9. The lowest BCUT2D eigenvalue weighted by molar-refractivity contribution is -0.125. The number of fused-ring (bicyclic) bond motifs is 1. The maximum Gasteiger partial charge on any atom is 0.379 e. The van der Waals surface area contributed by atoms with E-state index in [4.69, 9.17) is 4.74 Å². The summed E-state index contributed by atoms with van der Waals surface area (Å²) < 4.78 is 6.98. The van der Waals surface area contributed by atoms with Gasteiger partial charge in [0.2, 0.25) is 6.10 Å². The number of nitrogens with one attached hydrogen (secondary N) is 1. The van der Waals surface area contributed by atoms with E-state index in [2.05, 4.69) is 20.4 Å². The number of carbonyl (C=O) groups is 2. The van der Waals surface area contributed by atoms with Crippen LogP contribution < -0.4 is 5.32 Å². The zero-order valence-electron chi connectivity index (χ0n) is 16.4. The highest BCUT2D eigenvalue weighted by molar-refractivity contribution is 5.97. The van der Waals surface area contributed by atoms with Gasteiger partial charge in [-0.05, 0) is 32.0 Å². The number of benzene rings is 2. The molecule has 30 heavy (non-hydrogen) atoms. The Morgan fingerprint density at radius 1 is 1.00 bits per heavy atom. The van der Waals surface area contributed by atoms with Gasteiger partial charge >= 0.3 is 5.97 Å². The summed E-state index contributed by atoms with van der Waals surface area (Å²) in [5.74, 6) is -1.17. The van der Waals surface area contributed by atoms with Crippen molar-refractivity contribution in [1.29, 1.82) is 0 Å². The fraction of sp³-hybridized carbons (Fsp3) is 0.136. The molecule has 2 heterocycles. The summed E-state index contributed by atoms with van der Waals surface area (Å²) in [5.41, 5.74) is 2.98. The molecular weight excluding hydrogens is 382 g/mol. The van der Waals surface area contributed by atoms with E-state index >= 15 is 0 Å². The van der Waals surface area contributed by atoms with E-state index in [0.717, 1.165) is 11.3 Å². The lowest BCUT2D eigenvalue weighted by Crippen LogP contribution is -2.26. The van der Waals surface area contributed by atoms with E-state index < -0.39 is 18.0 Å². The first kappa shape index (κ1) is 19.3. The molecule has 150 valence electrons. The molecule has 0 aliphatic heterocycles. The number of aryl methyl sites for hydroxylation is 2. The van der Waals surface area contributed by atoms with E-state index in [1.165, 1.54) is 4.52 Å². The first-order chi connectivity index (χ1) is 14.5. The SMILES string of the molecule is Cc1ccc(NC(=O)C(OC(=O)c2nc3nccc(C)n3n2)c2ccccc2)cc1. The van der Waals surface area contributed by atoms with Crippen LogP contribution in [0.1, 0.15) is 33.5 Å². The molecule has 1 N–H and O–H groups in total. The summed E-state index contributed by atoms with van der Waals surface area (Å²) in [6.07, 6.45) is 0.414. The van der Waals surface area contributed by atoms with Gasteiger partial charge in [-0.3, -0.25) is 4.79 Å². The van der Waals surface area contributed by atoms with Crippen LogP contribution >= 0.6 is 0 Å². The molecule has 0 spiro atoms. The van der Waals surface area contributed by atoms with Gasteiger partial charge in [-0.2, -0.15) is 4.98 Å². The van der Waals surface area contributed by atoms with Crippen molar-refractivity contribution in [3.8, 4) is 0 Å². The molecule has 1 amide bonds. The summed E-state index contributed by atoms with van der Waals surface area (Å²) in [7, 11) is 0. The van der Waals surface area contributed by atoms with Gasteiger partial charge in [0, 0.05) is 23.1 Å². The van der Waals surface area contributed by atoms with Crippen molar-refractivity contribution in [3.05, 3.63) is 89.5 Å². The lowest BCUT2D eigenvalue weighted by Gasteiger charge is -2.17. The van der Waals surface area contributed by atoms with Gasteiger partial charge in [-0.25, -0.2) is 14.3 Å². The second-order valence-corrected chi connectivity index (χ2v) is 6.78. The molecular formula is C22H19N5O3. The summed E-state index contributed by atoms with van der Waals surface area (Å²) in [5, 5.41) is 6.93. The zero-order valence-corrected chi connectivity index (χ0v) is 16.4. The fourth-order valence-electron chi connectivity index (χ4n) is 2.90. The number of hydrogen-bond donors (Lipinski definition) is 1. The van der Waals surface area contributed by atoms with Crippen LogP contribution in [0.25, 0.3) is 5.78 Å². The number of hydrogen-bond acceptors (Lipinski definition) is 6. The van der Waals surface area contributed by atoms with E-state index in [1.54, 1.807) is 48.7 Å². The molecule has 1 atom stereocenters. The van der Waals surface area contributed by atoms with Crippen LogP contribution in [-0.4, -0.2) is 31.5 Å². The lowest BCUT2D eigenvalue weighted by atomic mass is 10.1. The van der Waals surface area contributed by atoms with Crippen LogP contribution in [0.3, 0.4) is 0 Å². The Balaban J connectivity index is 1.60. The Labute approximate surface area is 172 Å². The zero-order chi connectivity index (χ0) is 21.1. The van der Waals surface area contributed by atoms with Crippen molar-refractivity contribution in [1.82, 2.24) is 19.6 Å². The molecule has 2 aromatic carbocycles. The monoisotopic (exact) mass is 401 g/mol. The van der Waals surface area contributed by atoms with E-state index in [1.807, 2.05) is 32.0 Å². The fourth-order valence-corrected chi connectivity index (χ4v) is 2.90. The molecule has 4 aromatic rings. The average Bonchev–Trinajstić information content (AvgIpc) is 3.20. The van der Waals surface area contributed by atoms with Crippen LogP contribution in [0.5, 0.6) is 0 Å². The van der Waals surface area contributed by atoms with E-state index in [-0.39, 0.29) is 11.6 Å². The van der Waals surface area contributed by atoms with Crippen LogP contribution in [0.15, 0.2) is 66.9 Å². The molecule has 8 nitrogen and oxygen atoms in total. The van der Waals surface area contributed by atoms with Crippen molar-refractivity contribution in [3.63, 3.8) is 0 Å². The molecule has 2 aromatic heterocycles. The van der Waals surface area contributed by atoms with Crippen LogP contribution in [0, 0.1) is 13.8 Å². The number of carbonyl (C=O) groups excluding carboxylic acids is 2. The second kappa shape index (κ2) is 8.12. The van der Waals surface area contributed by atoms with Crippen molar-refractivity contribution >= 4 is 23.3 Å². The normalized spacial score (nSPS) is 11.8. The first-order valence-electron chi connectivity index (χ1n) is 9.33. The smallest absolute Gasteiger partial charge is 0.379 e. The van der Waals surface area contributed by atoms with Crippen molar-refractivity contribution in [2.24, 2.45) is 0 Å². The van der Waals surface area contributed by atoms with Crippen LogP contribution in [0.2, 0.25) is 0 Å². The van der Waals surface area contributed by atoms with Gasteiger partial charge in [0.1, 0.15) is 0 Å². The third-order valence-electron chi connectivity index (χ3n) is 4.50. The molecule has 0 aliphatic carbocycles. The van der Waals surface area contributed by atoms with Gasteiger partial charge < -0.3 is 10.1 Å². The highest BCUT2D eigenvalue weighted by Crippen LogP contribution is 2.21. The van der Waals surface area contributed by atoms with Gasteiger partial charge in [-0.1, -0.05) is 48.0 Å². The van der Waals surface area contributed by atoms with Gasteiger partial charge in [0.15, 0.2) is 0 Å². The quantitative estimate of drug-likeness (QED) is 0.515. The minimum Gasteiger partial charge on any atom is -0.441 e. The summed E-state index contributed by atoms with van der Waals surface area (Å²) in [4.78, 5) is 33.9. The molecule has 0 aliphatic rings. The molecule has 1 unspecified atom stereocenters. The highest BCUT2D eigenvalue weighted by atomic mass is 16.5. The summed E-state index contributed by atoms with van der Waals surface area (Å²) in [6.45, 7) is 3.78. The maximum absolute atomic E-state index is 12.9. The predicted octanol–water partition coefficient (Wildman–Crippen LogP) is 3.28. The number of amides is 1. The minimum atomic E-state index is -1.17. The third kappa shape index (κ3) is 4.02. The van der Waals surface area contributed by atoms with Crippen molar-refractivity contribution < 1.29 is 14.3 Å². The molecule has 0 saturated heterocycles. The van der Waals surface area contributed by atoms with Gasteiger partial charge in [-0.15, -0.1) is 5.10 Å². The molecule has 0 fully saturated rings. The molecule has 0 radical (unpaired) electrons. The maximum atomic E-state index is 12.9. The first-order valence-corrected chi connectivity index (χ1v) is 9.33.